The summed E-state index contributed by atoms with van der Waals surface area (Å²) in [6.07, 6.45) is -1.65. The number of carbonyl (C=O) groups excluding carboxylic acids is 1. The second kappa shape index (κ2) is 8.91. The highest BCUT2D eigenvalue weighted by atomic mass is 19.4. The number of benzene rings is 1. The Bertz CT molecular complexity index is 1070. The molecule has 0 radical (unpaired) electrons. The molecule has 1 aliphatic rings. The summed E-state index contributed by atoms with van der Waals surface area (Å²) in [5.74, 6) is -0.293. The van der Waals surface area contributed by atoms with Gasteiger partial charge in [0.1, 0.15) is 11.9 Å². The van der Waals surface area contributed by atoms with Crippen molar-refractivity contribution in [3.63, 3.8) is 0 Å². The Kier molecular flexibility index (Phi) is 6.04. The van der Waals surface area contributed by atoms with Gasteiger partial charge in [-0.3, -0.25) is 14.7 Å². The van der Waals surface area contributed by atoms with Crippen LogP contribution in [-0.2, 0) is 11.0 Å². The molecule has 0 bridgehead atoms. The second-order valence-corrected chi connectivity index (χ2v) is 7.41. The molecule has 0 saturated carbocycles. The minimum absolute atomic E-state index is 0.0149. The molecule has 0 aliphatic carbocycles. The second-order valence-electron chi connectivity index (χ2n) is 7.41. The number of piperazine rings is 1. The van der Waals surface area contributed by atoms with E-state index in [9.17, 15) is 18.0 Å². The van der Waals surface area contributed by atoms with E-state index >= 15 is 0 Å². The summed E-state index contributed by atoms with van der Waals surface area (Å²) in [5.41, 5.74) is 5.88. The van der Waals surface area contributed by atoms with E-state index in [1.807, 2.05) is 35.2 Å². The van der Waals surface area contributed by atoms with Gasteiger partial charge in [-0.25, -0.2) is 9.97 Å². The number of hydrogen-bond donors (Lipinski definition) is 1. The van der Waals surface area contributed by atoms with Gasteiger partial charge in [0.2, 0.25) is 5.91 Å². The van der Waals surface area contributed by atoms with Crippen LogP contribution in [0.3, 0.4) is 0 Å². The number of halogens is 3. The van der Waals surface area contributed by atoms with Crippen molar-refractivity contribution in [3.05, 3.63) is 72.2 Å². The minimum Gasteiger partial charge on any atom is -0.368 e. The molecule has 1 amide bonds. The number of aromatic nitrogens is 3. The van der Waals surface area contributed by atoms with Crippen LogP contribution in [0.5, 0.6) is 0 Å². The standard InChI is InChI=1S/C22H21F3N6O/c23-22(24,25)17-14-18(29-21(28-17)16-6-8-27-9-7-16)30-10-12-31(13-11-30)19(20(26)32)15-4-2-1-3-5-15/h1-9,14,19H,10-13H2,(H2,26,32). The number of primary amides is 1. The van der Waals surface area contributed by atoms with Crippen molar-refractivity contribution in [2.75, 3.05) is 31.1 Å². The summed E-state index contributed by atoms with van der Waals surface area (Å²) < 4.78 is 40.5. The Balaban J connectivity index is 1.58. The molecule has 2 aromatic heterocycles. The third kappa shape index (κ3) is 4.70. The summed E-state index contributed by atoms with van der Waals surface area (Å²) >= 11 is 0. The summed E-state index contributed by atoms with van der Waals surface area (Å²) in [7, 11) is 0. The molecule has 2 N–H and O–H groups in total. The zero-order chi connectivity index (χ0) is 22.7. The first-order valence-electron chi connectivity index (χ1n) is 10.0. The van der Waals surface area contributed by atoms with Crippen molar-refractivity contribution in [1.82, 2.24) is 19.9 Å². The SMILES string of the molecule is NC(=O)C(c1ccccc1)N1CCN(c2cc(C(F)(F)F)nc(-c3ccncc3)n2)CC1. The van der Waals surface area contributed by atoms with E-state index in [0.29, 0.717) is 31.7 Å². The van der Waals surface area contributed by atoms with Gasteiger partial charge >= 0.3 is 6.18 Å². The van der Waals surface area contributed by atoms with Crippen LogP contribution >= 0.6 is 0 Å². The lowest BCUT2D eigenvalue weighted by Crippen LogP contribution is -2.50. The fourth-order valence-electron chi connectivity index (χ4n) is 3.77. The van der Waals surface area contributed by atoms with Crippen molar-refractivity contribution in [1.29, 1.82) is 0 Å². The molecule has 1 aliphatic heterocycles. The Morgan fingerprint density at radius 1 is 0.969 bits per heavy atom. The van der Waals surface area contributed by atoms with E-state index in [4.69, 9.17) is 5.73 Å². The Morgan fingerprint density at radius 3 is 2.22 bits per heavy atom. The summed E-state index contributed by atoms with van der Waals surface area (Å²) in [6.45, 7) is 1.66. The van der Waals surface area contributed by atoms with Gasteiger partial charge in [0.15, 0.2) is 11.5 Å². The zero-order valence-corrected chi connectivity index (χ0v) is 17.0. The number of nitrogens with two attached hydrogens (primary N) is 1. The lowest BCUT2D eigenvalue weighted by Gasteiger charge is -2.38. The van der Waals surface area contributed by atoms with E-state index in [1.165, 1.54) is 12.4 Å². The molecule has 1 atom stereocenters. The zero-order valence-electron chi connectivity index (χ0n) is 17.0. The molecule has 1 aromatic carbocycles. The molecule has 3 heterocycles. The third-order valence-corrected chi connectivity index (χ3v) is 5.33. The van der Waals surface area contributed by atoms with E-state index in [0.717, 1.165) is 11.6 Å². The number of carbonyl (C=O) groups is 1. The average molecular weight is 442 g/mol. The molecule has 3 aromatic rings. The third-order valence-electron chi connectivity index (χ3n) is 5.33. The maximum atomic E-state index is 13.5. The monoisotopic (exact) mass is 442 g/mol. The molecular formula is C22H21F3N6O. The van der Waals surface area contributed by atoms with E-state index in [-0.39, 0.29) is 11.6 Å². The summed E-state index contributed by atoms with van der Waals surface area (Å²) in [4.78, 5) is 27.8. The fourth-order valence-corrected chi connectivity index (χ4v) is 3.77. The predicted octanol–water partition coefficient (Wildman–Crippen LogP) is 2.91. The van der Waals surface area contributed by atoms with Gasteiger partial charge in [-0.05, 0) is 17.7 Å². The van der Waals surface area contributed by atoms with Gasteiger partial charge in [0, 0.05) is 50.2 Å². The Morgan fingerprint density at radius 2 is 1.62 bits per heavy atom. The van der Waals surface area contributed by atoms with Crippen molar-refractivity contribution in [2.24, 2.45) is 5.73 Å². The largest absolute Gasteiger partial charge is 0.433 e. The highest BCUT2D eigenvalue weighted by Crippen LogP contribution is 2.32. The minimum atomic E-state index is -4.61. The van der Waals surface area contributed by atoms with Crippen molar-refractivity contribution in [2.45, 2.75) is 12.2 Å². The lowest BCUT2D eigenvalue weighted by atomic mass is 10.0. The van der Waals surface area contributed by atoms with Gasteiger partial charge in [-0.1, -0.05) is 30.3 Å². The lowest BCUT2D eigenvalue weighted by molar-refractivity contribution is -0.141. The van der Waals surface area contributed by atoms with Crippen molar-refractivity contribution >= 4 is 11.7 Å². The van der Waals surface area contributed by atoms with Crippen molar-refractivity contribution in [3.8, 4) is 11.4 Å². The number of hydrogen-bond acceptors (Lipinski definition) is 6. The normalized spacial score (nSPS) is 16.0. The molecule has 1 saturated heterocycles. The molecule has 1 unspecified atom stereocenters. The van der Waals surface area contributed by atoms with E-state index in [2.05, 4.69) is 15.0 Å². The first kappa shape index (κ1) is 21.7. The summed E-state index contributed by atoms with van der Waals surface area (Å²) in [6, 6.07) is 12.7. The topological polar surface area (TPSA) is 88.2 Å². The highest BCUT2D eigenvalue weighted by molar-refractivity contribution is 5.81. The maximum Gasteiger partial charge on any atom is 0.433 e. The first-order valence-corrected chi connectivity index (χ1v) is 10.0. The van der Waals surface area contributed by atoms with E-state index in [1.54, 1.807) is 17.0 Å². The van der Waals surface area contributed by atoms with Gasteiger partial charge < -0.3 is 10.6 Å². The first-order chi connectivity index (χ1) is 15.3. The fraction of sp³-hybridized carbons (Fsp3) is 0.273. The summed E-state index contributed by atoms with van der Waals surface area (Å²) in [5, 5.41) is 0. The number of alkyl halides is 3. The average Bonchev–Trinajstić information content (AvgIpc) is 2.80. The Hall–Kier alpha value is -3.53. The quantitative estimate of drug-likeness (QED) is 0.654. The number of pyridine rings is 1. The molecule has 10 heteroatoms. The number of nitrogens with zero attached hydrogens (tertiary/aromatic N) is 5. The maximum absolute atomic E-state index is 13.5. The molecule has 7 nitrogen and oxygen atoms in total. The number of anilines is 1. The van der Waals surface area contributed by atoms with Crippen LogP contribution in [-0.4, -0.2) is 51.9 Å². The Labute approximate surface area is 182 Å². The van der Waals surface area contributed by atoms with E-state index < -0.39 is 23.8 Å². The van der Waals surface area contributed by atoms with Crippen LogP contribution in [0.2, 0.25) is 0 Å². The van der Waals surface area contributed by atoms with Gasteiger partial charge in [0.05, 0.1) is 0 Å². The van der Waals surface area contributed by atoms with Crippen LogP contribution in [0.25, 0.3) is 11.4 Å². The van der Waals surface area contributed by atoms with Crippen LogP contribution < -0.4 is 10.6 Å². The van der Waals surface area contributed by atoms with Crippen molar-refractivity contribution < 1.29 is 18.0 Å². The molecule has 32 heavy (non-hydrogen) atoms. The van der Waals surface area contributed by atoms with Gasteiger partial charge in [-0.2, -0.15) is 13.2 Å². The number of amides is 1. The van der Waals surface area contributed by atoms with Gasteiger partial charge in [0.25, 0.3) is 0 Å². The van der Waals surface area contributed by atoms with Crippen LogP contribution in [0.4, 0.5) is 19.0 Å². The smallest absolute Gasteiger partial charge is 0.368 e. The highest BCUT2D eigenvalue weighted by Gasteiger charge is 2.35. The predicted molar refractivity (Wildman–Crippen MR) is 112 cm³/mol. The number of rotatable bonds is 5. The van der Waals surface area contributed by atoms with Crippen LogP contribution in [0.15, 0.2) is 60.9 Å². The van der Waals surface area contributed by atoms with Crippen LogP contribution in [0, 0.1) is 0 Å². The molecule has 4 rings (SSSR count). The van der Waals surface area contributed by atoms with Crippen LogP contribution in [0.1, 0.15) is 17.3 Å². The molecular weight excluding hydrogens is 421 g/mol. The molecule has 166 valence electrons. The molecule has 1 fully saturated rings. The van der Waals surface area contributed by atoms with Gasteiger partial charge in [-0.15, -0.1) is 0 Å². The molecule has 0 spiro atoms.